The molecule has 17 heavy (non-hydrogen) atoms. The maximum atomic E-state index is 5.57. The van der Waals surface area contributed by atoms with Crippen molar-refractivity contribution in [3.63, 3.8) is 0 Å². The summed E-state index contributed by atoms with van der Waals surface area (Å²) < 4.78 is 0. The summed E-state index contributed by atoms with van der Waals surface area (Å²) in [6.07, 6.45) is 5.87. The first-order valence-corrected chi connectivity index (χ1v) is 5.57. The SMILES string of the molecule is Cc1cccc(CC(NN)c2cnccn2)c1. The van der Waals surface area contributed by atoms with Crippen LogP contribution in [0.25, 0.3) is 0 Å². The van der Waals surface area contributed by atoms with Crippen LogP contribution in [0.15, 0.2) is 42.9 Å². The van der Waals surface area contributed by atoms with Crippen LogP contribution in [0.4, 0.5) is 0 Å². The maximum Gasteiger partial charge on any atom is 0.0772 e. The van der Waals surface area contributed by atoms with E-state index < -0.39 is 0 Å². The summed E-state index contributed by atoms with van der Waals surface area (Å²) in [5.41, 5.74) is 6.12. The predicted molar refractivity (Wildman–Crippen MR) is 67.0 cm³/mol. The number of benzene rings is 1. The van der Waals surface area contributed by atoms with E-state index in [1.165, 1.54) is 11.1 Å². The number of hydrazine groups is 1. The summed E-state index contributed by atoms with van der Waals surface area (Å²) in [5.74, 6) is 5.57. The average molecular weight is 228 g/mol. The minimum absolute atomic E-state index is 0.00880. The van der Waals surface area contributed by atoms with Gasteiger partial charge in [0.1, 0.15) is 0 Å². The molecule has 0 fully saturated rings. The second kappa shape index (κ2) is 5.52. The molecule has 0 amide bonds. The minimum Gasteiger partial charge on any atom is -0.271 e. The first-order chi connectivity index (χ1) is 8.29. The van der Waals surface area contributed by atoms with Gasteiger partial charge in [-0.15, -0.1) is 0 Å². The molecule has 1 unspecified atom stereocenters. The molecule has 0 spiro atoms. The third-order valence-corrected chi connectivity index (χ3v) is 2.66. The zero-order valence-electron chi connectivity index (χ0n) is 9.80. The number of nitrogens with zero attached hydrogens (tertiary/aromatic N) is 2. The molecule has 2 rings (SSSR count). The van der Waals surface area contributed by atoms with Crippen molar-refractivity contribution < 1.29 is 0 Å². The van der Waals surface area contributed by atoms with Gasteiger partial charge in [0.25, 0.3) is 0 Å². The van der Waals surface area contributed by atoms with Gasteiger partial charge in [-0.1, -0.05) is 29.8 Å². The van der Waals surface area contributed by atoms with E-state index in [0.29, 0.717) is 0 Å². The van der Waals surface area contributed by atoms with Crippen LogP contribution in [0.5, 0.6) is 0 Å². The number of aryl methyl sites for hydroxylation is 1. The number of hydrogen-bond acceptors (Lipinski definition) is 4. The Hall–Kier alpha value is -1.78. The first-order valence-electron chi connectivity index (χ1n) is 5.57. The Kier molecular flexibility index (Phi) is 3.80. The fourth-order valence-corrected chi connectivity index (χ4v) is 1.81. The molecule has 2 aromatic rings. The van der Waals surface area contributed by atoms with Gasteiger partial charge in [-0.25, -0.2) is 0 Å². The minimum atomic E-state index is -0.00880. The van der Waals surface area contributed by atoms with Crippen molar-refractivity contribution in [2.24, 2.45) is 5.84 Å². The van der Waals surface area contributed by atoms with Crippen LogP contribution in [-0.4, -0.2) is 9.97 Å². The molecule has 88 valence electrons. The lowest BCUT2D eigenvalue weighted by molar-refractivity contribution is 0.536. The molecular weight excluding hydrogens is 212 g/mol. The zero-order valence-corrected chi connectivity index (χ0v) is 9.80. The Morgan fingerprint density at radius 1 is 1.35 bits per heavy atom. The van der Waals surface area contributed by atoms with E-state index in [1.807, 2.05) is 0 Å². The van der Waals surface area contributed by atoms with Crippen LogP contribution in [0.2, 0.25) is 0 Å². The van der Waals surface area contributed by atoms with Crippen LogP contribution in [0.1, 0.15) is 22.9 Å². The molecule has 0 bridgehead atoms. The van der Waals surface area contributed by atoms with Crippen molar-refractivity contribution in [3.8, 4) is 0 Å². The van der Waals surface area contributed by atoms with Crippen molar-refractivity contribution in [1.82, 2.24) is 15.4 Å². The number of hydrogen-bond donors (Lipinski definition) is 2. The Morgan fingerprint density at radius 2 is 2.24 bits per heavy atom. The average Bonchev–Trinajstić information content (AvgIpc) is 2.37. The molecule has 0 radical (unpaired) electrons. The molecule has 1 heterocycles. The third-order valence-electron chi connectivity index (χ3n) is 2.66. The highest BCUT2D eigenvalue weighted by atomic mass is 15.2. The Labute approximate surface area is 101 Å². The van der Waals surface area contributed by atoms with Gasteiger partial charge in [0.15, 0.2) is 0 Å². The topological polar surface area (TPSA) is 63.8 Å². The Morgan fingerprint density at radius 3 is 2.88 bits per heavy atom. The number of rotatable bonds is 4. The second-order valence-corrected chi connectivity index (χ2v) is 4.04. The lowest BCUT2D eigenvalue weighted by Crippen LogP contribution is -2.30. The summed E-state index contributed by atoms with van der Waals surface area (Å²) in [6, 6.07) is 8.37. The van der Waals surface area contributed by atoms with E-state index in [9.17, 15) is 0 Å². The lowest BCUT2D eigenvalue weighted by Gasteiger charge is -2.15. The molecule has 1 aromatic heterocycles. The van der Waals surface area contributed by atoms with Gasteiger partial charge in [-0.3, -0.25) is 21.2 Å². The van der Waals surface area contributed by atoms with Gasteiger partial charge < -0.3 is 0 Å². The van der Waals surface area contributed by atoms with Crippen LogP contribution < -0.4 is 11.3 Å². The quantitative estimate of drug-likeness (QED) is 0.615. The van der Waals surface area contributed by atoms with Gasteiger partial charge in [-0.2, -0.15) is 0 Å². The van der Waals surface area contributed by atoms with E-state index >= 15 is 0 Å². The maximum absolute atomic E-state index is 5.57. The second-order valence-electron chi connectivity index (χ2n) is 4.04. The summed E-state index contributed by atoms with van der Waals surface area (Å²) in [4.78, 5) is 8.32. The molecule has 1 aromatic carbocycles. The summed E-state index contributed by atoms with van der Waals surface area (Å²) in [6.45, 7) is 2.08. The van der Waals surface area contributed by atoms with E-state index in [0.717, 1.165) is 12.1 Å². The molecule has 0 saturated carbocycles. The normalized spacial score (nSPS) is 12.4. The summed E-state index contributed by atoms with van der Waals surface area (Å²) in [7, 11) is 0. The molecule has 3 N–H and O–H groups in total. The van der Waals surface area contributed by atoms with Crippen LogP contribution in [0, 0.1) is 6.92 Å². The predicted octanol–water partition coefficient (Wildman–Crippen LogP) is 1.53. The van der Waals surface area contributed by atoms with Gasteiger partial charge in [0.05, 0.1) is 17.9 Å². The number of aromatic nitrogens is 2. The van der Waals surface area contributed by atoms with Crippen molar-refractivity contribution >= 4 is 0 Å². The van der Waals surface area contributed by atoms with Gasteiger partial charge in [-0.05, 0) is 18.9 Å². The molecule has 4 nitrogen and oxygen atoms in total. The first kappa shape index (κ1) is 11.7. The summed E-state index contributed by atoms with van der Waals surface area (Å²) >= 11 is 0. The standard InChI is InChI=1S/C13H16N4/c1-10-3-2-4-11(7-10)8-12(17-14)13-9-15-5-6-16-13/h2-7,9,12,17H,8,14H2,1H3. The highest BCUT2D eigenvalue weighted by Crippen LogP contribution is 2.15. The van der Waals surface area contributed by atoms with E-state index in [1.54, 1.807) is 18.6 Å². The molecule has 0 aliphatic carbocycles. The molecule has 4 heteroatoms. The van der Waals surface area contributed by atoms with Crippen molar-refractivity contribution in [2.45, 2.75) is 19.4 Å². The van der Waals surface area contributed by atoms with Crippen molar-refractivity contribution in [3.05, 3.63) is 59.7 Å². The number of nitrogens with one attached hydrogen (secondary N) is 1. The molecule has 0 aliphatic rings. The van der Waals surface area contributed by atoms with Gasteiger partial charge in [0, 0.05) is 12.4 Å². The van der Waals surface area contributed by atoms with Crippen LogP contribution >= 0.6 is 0 Å². The van der Waals surface area contributed by atoms with Gasteiger partial charge >= 0.3 is 0 Å². The largest absolute Gasteiger partial charge is 0.271 e. The monoisotopic (exact) mass is 228 g/mol. The van der Waals surface area contributed by atoms with Crippen LogP contribution in [0.3, 0.4) is 0 Å². The van der Waals surface area contributed by atoms with E-state index in [-0.39, 0.29) is 6.04 Å². The molecule has 0 aliphatic heterocycles. The molecule has 0 saturated heterocycles. The highest BCUT2D eigenvalue weighted by molar-refractivity contribution is 5.24. The Bertz CT molecular complexity index is 470. The number of nitrogens with two attached hydrogens (primary N) is 1. The smallest absolute Gasteiger partial charge is 0.0772 e. The van der Waals surface area contributed by atoms with Crippen LogP contribution in [-0.2, 0) is 6.42 Å². The van der Waals surface area contributed by atoms with E-state index in [4.69, 9.17) is 5.84 Å². The fraction of sp³-hybridized carbons (Fsp3) is 0.231. The lowest BCUT2D eigenvalue weighted by atomic mass is 10.0. The molecular formula is C13H16N4. The third kappa shape index (κ3) is 3.09. The van der Waals surface area contributed by atoms with Crippen molar-refractivity contribution in [2.75, 3.05) is 0 Å². The summed E-state index contributed by atoms with van der Waals surface area (Å²) in [5, 5.41) is 0. The fourth-order valence-electron chi connectivity index (χ4n) is 1.81. The van der Waals surface area contributed by atoms with E-state index in [2.05, 4.69) is 46.6 Å². The Balaban J connectivity index is 2.16. The van der Waals surface area contributed by atoms with Crippen molar-refractivity contribution in [1.29, 1.82) is 0 Å². The highest BCUT2D eigenvalue weighted by Gasteiger charge is 2.11. The van der Waals surface area contributed by atoms with Gasteiger partial charge in [0.2, 0.25) is 0 Å². The zero-order chi connectivity index (χ0) is 12.1. The molecule has 1 atom stereocenters.